The van der Waals surface area contributed by atoms with Gasteiger partial charge in [-0.1, -0.05) is 24.3 Å². The SMILES string of the molecule is CCN(c1ccccc1F)c1nc(N)nc2ccccc12. The third-order valence-electron chi connectivity index (χ3n) is 3.32. The van der Waals surface area contributed by atoms with Crippen molar-refractivity contribution in [2.45, 2.75) is 6.92 Å². The lowest BCUT2D eigenvalue weighted by Crippen LogP contribution is -2.19. The van der Waals surface area contributed by atoms with Crippen molar-refractivity contribution in [1.29, 1.82) is 0 Å². The zero-order chi connectivity index (χ0) is 14.8. The van der Waals surface area contributed by atoms with E-state index in [1.54, 1.807) is 23.1 Å². The molecular formula is C16H15FN4. The molecule has 0 atom stereocenters. The Labute approximate surface area is 122 Å². The molecule has 0 spiro atoms. The number of hydrogen-bond acceptors (Lipinski definition) is 4. The second-order valence-corrected chi connectivity index (χ2v) is 4.62. The highest BCUT2D eigenvalue weighted by Gasteiger charge is 2.16. The average Bonchev–Trinajstić information content (AvgIpc) is 2.49. The molecule has 0 amide bonds. The molecule has 0 aliphatic carbocycles. The smallest absolute Gasteiger partial charge is 0.222 e. The molecule has 0 saturated carbocycles. The van der Waals surface area contributed by atoms with Crippen molar-refractivity contribution in [3.05, 3.63) is 54.3 Å². The molecule has 0 fully saturated rings. The first kappa shape index (κ1) is 13.3. The molecule has 0 unspecified atom stereocenters. The number of halogens is 1. The molecule has 1 aromatic heterocycles. The van der Waals surface area contributed by atoms with E-state index >= 15 is 0 Å². The number of anilines is 3. The molecule has 106 valence electrons. The quantitative estimate of drug-likeness (QED) is 0.798. The number of benzene rings is 2. The third-order valence-corrected chi connectivity index (χ3v) is 3.32. The second kappa shape index (κ2) is 5.36. The van der Waals surface area contributed by atoms with E-state index < -0.39 is 0 Å². The van der Waals surface area contributed by atoms with Crippen molar-refractivity contribution >= 4 is 28.4 Å². The van der Waals surface area contributed by atoms with Crippen molar-refractivity contribution in [1.82, 2.24) is 9.97 Å². The summed E-state index contributed by atoms with van der Waals surface area (Å²) in [6.45, 7) is 2.51. The van der Waals surface area contributed by atoms with Crippen LogP contribution in [0.5, 0.6) is 0 Å². The number of aromatic nitrogens is 2. The molecule has 3 aromatic rings. The lowest BCUT2D eigenvalue weighted by molar-refractivity contribution is 0.625. The Kier molecular flexibility index (Phi) is 3.39. The van der Waals surface area contributed by atoms with Crippen LogP contribution in [0.1, 0.15) is 6.92 Å². The lowest BCUT2D eigenvalue weighted by atomic mass is 10.2. The van der Waals surface area contributed by atoms with Crippen molar-refractivity contribution in [2.75, 3.05) is 17.2 Å². The molecule has 0 aliphatic rings. The van der Waals surface area contributed by atoms with E-state index in [0.717, 1.165) is 10.9 Å². The Morgan fingerprint density at radius 2 is 1.76 bits per heavy atom. The number of nitrogen functional groups attached to an aromatic ring is 1. The van der Waals surface area contributed by atoms with Gasteiger partial charge < -0.3 is 10.6 Å². The van der Waals surface area contributed by atoms with Gasteiger partial charge in [0.15, 0.2) is 0 Å². The van der Waals surface area contributed by atoms with E-state index in [9.17, 15) is 4.39 Å². The van der Waals surface area contributed by atoms with Crippen LogP contribution < -0.4 is 10.6 Å². The van der Waals surface area contributed by atoms with Crippen molar-refractivity contribution in [2.24, 2.45) is 0 Å². The average molecular weight is 282 g/mol. The predicted molar refractivity (Wildman–Crippen MR) is 83.0 cm³/mol. The Hall–Kier alpha value is -2.69. The van der Waals surface area contributed by atoms with Gasteiger partial charge >= 0.3 is 0 Å². The van der Waals surface area contributed by atoms with E-state index in [0.29, 0.717) is 18.1 Å². The first-order chi connectivity index (χ1) is 10.2. The predicted octanol–water partition coefficient (Wildman–Crippen LogP) is 3.51. The van der Waals surface area contributed by atoms with Crippen LogP contribution in [0.25, 0.3) is 10.9 Å². The summed E-state index contributed by atoms with van der Waals surface area (Å²) in [6.07, 6.45) is 0. The maximum atomic E-state index is 14.1. The molecule has 3 rings (SSSR count). The van der Waals surface area contributed by atoms with Gasteiger partial charge in [-0.25, -0.2) is 9.37 Å². The molecule has 0 bridgehead atoms. The second-order valence-electron chi connectivity index (χ2n) is 4.62. The largest absolute Gasteiger partial charge is 0.368 e. The minimum atomic E-state index is -0.291. The summed E-state index contributed by atoms with van der Waals surface area (Å²) in [6, 6.07) is 14.2. The van der Waals surface area contributed by atoms with E-state index in [1.807, 2.05) is 31.2 Å². The Morgan fingerprint density at radius 1 is 1.05 bits per heavy atom. The topological polar surface area (TPSA) is 55.0 Å². The molecule has 2 N–H and O–H groups in total. The van der Waals surface area contributed by atoms with E-state index in [4.69, 9.17) is 5.73 Å². The summed E-state index contributed by atoms with van der Waals surface area (Å²) in [5, 5.41) is 0.844. The standard InChI is InChI=1S/C16H15FN4/c1-2-21(14-10-6-4-8-12(14)17)15-11-7-3-5-9-13(11)19-16(18)20-15/h3-10H,2H2,1H3,(H2,18,19,20). The zero-order valence-electron chi connectivity index (χ0n) is 11.6. The molecule has 0 aliphatic heterocycles. The van der Waals surface area contributed by atoms with Crippen LogP contribution in [-0.2, 0) is 0 Å². The normalized spacial score (nSPS) is 10.8. The number of fused-ring (bicyclic) bond motifs is 1. The van der Waals surface area contributed by atoms with Gasteiger partial charge in [0, 0.05) is 11.9 Å². The summed E-state index contributed by atoms with van der Waals surface area (Å²) in [4.78, 5) is 10.3. The van der Waals surface area contributed by atoms with Gasteiger partial charge in [-0.15, -0.1) is 0 Å². The molecule has 2 aromatic carbocycles. The van der Waals surface area contributed by atoms with E-state index in [1.165, 1.54) is 6.07 Å². The van der Waals surface area contributed by atoms with E-state index in [2.05, 4.69) is 9.97 Å². The van der Waals surface area contributed by atoms with Crippen molar-refractivity contribution < 1.29 is 4.39 Å². The number of hydrogen-bond donors (Lipinski definition) is 1. The summed E-state index contributed by atoms with van der Waals surface area (Å²) in [7, 11) is 0. The first-order valence-electron chi connectivity index (χ1n) is 6.75. The van der Waals surface area contributed by atoms with Gasteiger partial charge in [-0.05, 0) is 31.2 Å². The summed E-state index contributed by atoms with van der Waals surface area (Å²) >= 11 is 0. The van der Waals surface area contributed by atoms with Crippen molar-refractivity contribution in [3.63, 3.8) is 0 Å². The highest BCUT2D eigenvalue weighted by molar-refractivity contribution is 5.92. The fraction of sp³-hybridized carbons (Fsp3) is 0.125. The number of nitrogens with zero attached hydrogens (tertiary/aromatic N) is 3. The van der Waals surface area contributed by atoms with E-state index in [-0.39, 0.29) is 11.8 Å². The Bertz CT molecular complexity index is 788. The fourth-order valence-electron chi connectivity index (χ4n) is 2.39. The number of rotatable bonds is 3. The maximum absolute atomic E-state index is 14.1. The maximum Gasteiger partial charge on any atom is 0.222 e. The minimum Gasteiger partial charge on any atom is -0.368 e. The third kappa shape index (κ3) is 2.38. The van der Waals surface area contributed by atoms with Gasteiger partial charge in [0.25, 0.3) is 0 Å². The van der Waals surface area contributed by atoms with Crippen LogP contribution in [-0.4, -0.2) is 16.5 Å². The van der Waals surface area contributed by atoms with Crippen molar-refractivity contribution in [3.8, 4) is 0 Å². The summed E-state index contributed by atoms with van der Waals surface area (Å²) in [5.74, 6) is 0.504. The van der Waals surface area contributed by atoms with Crippen LogP contribution in [0.3, 0.4) is 0 Å². The number of para-hydroxylation sites is 2. The highest BCUT2D eigenvalue weighted by Crippen LogP contribution is 2.31. The summed E-state index contributed by atoms with van der Waals surface area (Å²) < 4.78 is 14.1. The lowest BCUT2D eigenvalue weighted by Gasteiger charge is -2.24. The van der Waals surface area contributed by atoms with Gasteiger partial charge in [0.05, 0.1) is 11.2 Å². The van der Waals surface area contributed by atoms with Gasteiger partial charge in [0.2, 0.25) is 5.95 Å². The van der Waals surface area contributed by atoms with Crippen LogP contribution in [0.4, 0.5) is 21.8 Å². The van der Waals surface area contributed by atoms with Gasteiger partial charge in [-0.3, -0.25) is 0 Å². The monoisotopic (exact) mass is 282 g/mol. The zero-order valence-corrected chi connectivity index (χ0v) is 11.6. The molecular weight excluding hydrogens is 267 g/mol. The molecule has 0 radical (unpaired) electrons. The number of nitrogens with two attached hydrogens (primary N) is 1. The molecule has 1 heterocycles. The molecule has 5 heteroatoms. The summed E-state index contributed by atoms with van der Waals surface area (Å²) in [5.41, 5.74) is 7.01. The van der Waals surface area contributed by atoms with Crippen LogP contribution in [0, 0.1) is 5.82 Å². The minimum absolute atomic E-state index is 0.179. The molecule has 21 heavy (non-hydrogen) atoms. The van der Waals surface area contributed by atoms with Crippen LogP contribution in [0.2, 0.25) is 0 Å². The Balaban J connectivity index is 2.24. The first-order valence-corrected chi connectivity index (χ1v) is 6.75. The van der Waals surface area contributed by atoms with Gasteiger partial charge in [0.1, 0.15) is 11.6 Å². The van der Waals surface area contributed by atoms with Gasteiger partial charge in [-0.2, -0.15) is 4.98 Å². The molecule has 4 nitrogen and oxygen atoms in total. The Morgan fingerprint density at radius 3 is 2.52 bits per heavy atom. The molecule has 0 saturated heterocycles. The fourth-order valence-corrected chi connectivity index (χ4v) is 2.39. The van der Waals surface area contributed by atoms with Crippen LogP contribution >= 0.6 is 0 Å². The van der Waals surface area contributed by atoms with Crippen LogP contribution in [0.15, 0.2) is 48.5 Å². The highest BCUT2D eigenvalue weighted by atomic mass is 19.1.